The molecule has 58 heavy (non-hydrogen) atoms. The van der Waals surface area contributed by atoms with Gasteiger partial charge in [0.05, 0.1) is 9.79 Å². The fraction of sp³-hybridized carbons (Fsp3) is 0.0625. The van der Waals surface area contributed by atoms with E-state index in [1.165, 1.54) is 16.7 Å². The van der Waals surface area contributed by atoms with Crippen LogP contribution in [0.2, 0.25) is 0 Å². The molecule has 1 heterocycles. The number of ether oxygens (including phenoxy) is 3. The van der Waals surface area contributed by atoms with Crippen LogP contribution in [0.15, 0.2) is 192 Å². The number of nitrogens with zero attached hydrogens (tertiary/aromatic N) is 2. The summed E-state index contributed by atoms with van der Waals surface area (Å²) in [5, 5.41) is 0. The first kappa shape index (κ1) is 43.2. The van der Waals surface area contributed by atoms with Gasteiger partial charge in [0.25, 0.3) is 0 Å². The van der Waals surface area contributed by atoms with Crippen molar-refractivity contribution in [1.82, 2.24) is 9.55 Å². The Hall–Kier alpha value is -4.38. The minimum Gasteiger partial charge on any atom is -0.457 e. The summed E-state index contributed by atoms with van der Waals surface area (Å²) in [4.78, 5) is 4.70. The molecule has 0 aliphatic carbocycles. The molecular formula is C48H38Ar2N2O5S. The second-order valence-corrected chi connectivity index (χ2v) is 15.4. The molecule has 0 aliphatic heterocycles. The van der Waals surface area contributed by atoms with E-state index in [4.69, 9.17) is 14.2 Å². The fourth-order valence-electron chi connectivity index (χ4n) is 6.28. The second-order valence-electron chi connectivity index (χ2n) is 13.5. The topological polar surface area (TPSA) is 79.7 Å². The van der Waals surface area contributed by atoms with Crippen LogP contribution in [-0.4, -0.2) is 18.0 Å². The van der Waals surface area contributed by atoms with Crippen molar-refractivity contribution in [2.24, 2.45) is 7.05 Å². The van der Waals surface area contributed by atoms with E-state index in [9.17, 15) is 8.42 Å². The first-order valence-corrected chi connectivity index (χ1v) is 19.7. The molecular weight excluding hydrogens is 796 g/mol. The largest absolute Gasteiger partial charge is 0.457 e. The van der Waals surface area contributed by atoms with Crippen molar-refractivity contribution < 1.29 is 98.1 Å². The number of benzene rings is 7. The van der Waals surface area contributed by atoms with Gasteiger partial charge in [-0.3, -0.25) is 0 Å². The molecule has 0 aliphatic rings. The smallest absolute Gasteiger partial charge is 0.206 e. The average Bonchev–Trinajstić information content (AvgIpc) is 3.66. The maximum Gasteiger partial charge on any atom is 0.206 e. The van der Waals surface area contributed by atoms with Crippen LogP contribution in [0.5, 0.6) is 34.5 Å². The van der Waals surface area contributed by atoms with Crippen molar-refractivity contribution in [3.05, 3.63) is 199 Å². The Kier molecular flexibility index (Phi) is 14.6. The molecule has 0 spiro atoms. The van der Waals surface area contributed by atoms with Gasteiger partial charge in [0.2, 0.25) is 9.84 Å². The molecule has 0 bridgehead atoms. The summed E-state index contributed by atoms with van der Waals surface area (Å²) in [5.41, 5.74) is 6.82. The van der Waals surface area contributed by atoms with E-state index in [1.807, 2.05) is 103 Å². The van der Waals surface area contributed by atoms with Gasteiger partial charge in [-0.1, -0.05) is 66.2 Å². The maximum atomic E-state index is 13.4. The molecule has 10 heteroatoms. The first-order chi connectivity index (χ1) is 27.2. The van der Waals surface area contributed by atoms with Gasteiger partial charge in [0.1, 0.15) is 40.3 Å². The van der Waals surface area contributed by atoms with Crippen LogP contribution in [0, 0.1) is 82.4 Å². The molecule has 8 aromatic rings. The van der Waals surface area contributed by atoms with Crippen LogP contribution in [-0.2, 0) is 23.3 Å². The SMILES string of the molecule is Cc1ccc(Cc2ccc(Oc3ccc(-c4ccc(Oc5ccc(S(=O)(=O)c6ccc(Oc7ccc(-c8nccn8C)cc7)cc6)cc5)cc4)cc3)cc2)cc1.[Ar].[Ar]. The Bertz CT molecular complexity index is 2670. The third-order valence-electron chi connectivity index (χ3n) is 9.40. The minimum atomic E-state index is -3.75. The molecule has 0 radical (unpaired) electrons. The van der Waals surface area contributed by atoms with E-state index in [0.29, 0.717) is 23.0 Å². The zero-order valence-corrected chi connectivity index (χ0v) is 33.8. The van der Waals surface area contributed by atoms with Gasteiger partial charge in [-0.05, 0) is 145 Å². The van der Waals surface area contributed by atoms with Gasteiger partial charge in [-0.2, -0.15) is 0 Å². The number of aromatic nitrogens is 2. The summed E-state index contributed by atoms with van der Waals surface area (Å²) < 4.78 is 46.9. The van der Waals surface area contributed by atoms with Gasteiger partial charge < -0.3 is 18.8 Å². The maximum absolute atomic E-state index is 13.4. The number of hydrogen-bond donors (Lipinski definition) is 0. The van der Waals surface area contributed by atoms with E-state index in [-0.39, 0.29) is 85.3 Å². The van der Waals surface area contributed by atoms with Crippen molar-refractivity contribution in [2.75, 3.05) is 0 Å². The van der Waals surface area contributed by atoms with Crippen molar-refractivity contribution in [3.63, 3.8) is 0 Å². The zero-order valence-electron chi connectivity index (χ0n) is 31.6. The van der Waals surface area contributed by atoms with E-state index < -0.39 is 9.84 Å². The van der Waals surface area contributed by atoms with E-state index in [1.54, 1.807) is 54.7 Å². The van der Waals surface area contributed by atoms with Crippen LogP contribution < -0.4 is 14.2 Å². The van der Waals surface area contributed by atoms with Crippen molar-refractivity contribution in [3.8, 4) is 57.0 Å². The molecule has 0 saturated heterocycles. The standard InChI is InChI=1S/C48H38N2O5S.2Ar/c1-34-3-5-35(6-4-34)33-36-7-15-40(16-8-36)53-41-17-9-37(10-18-41)38-11-19-42(20-12-38)54-44-23-27-46(28-24-44)56(51,52)47-29-25-45(26-30-47)55-43-21-13-39(14-22-43)48-49-31-32-50(48)2;;/h3-32H,33H2,1-2H3;;. The number of aryl methyl sites for hydroxylation is 2. The normalized spacial score (nSPS) is 10.9. The predicted octanol–water partition coefficient (Wildman–Crippen LogP) is 11.9. The van der Waals surface area contributed by atoms with Crippen molar-refractivity contribution in [1.29, 1.82) is 0 Å². The van der Waals surface area contributed by atoms with Gasteiger partial charge in [-0.25, -0.2) is 13.4 Å². The summed E-state index contributed by atoms with van der Waals surface area (Å²) in [6.45, 7) is 2.10. The second kappa shape index (κ2) is 19.6. The third-order valence-corrected chi connectivity index (χ3v) is 11.2. The van der Waals surface area contributed by atoms with Gasteiger partial charge in [0.15, 0.2) is 0 Å². The van der Waals surface area contributed by atoms with Crippen LogP contribution in [0.3, 0.4) is 0 Å². The molecule has 292 valence electrons. The summed E-state index contributed by atoms with van der Waals surface area (Å²) in [5.74, 6) is 4.73. The Balaban J connectivity index is 0.00000283. The zero-order chi connectivity index (χ0) is 38.5. The molecule has 7 aromatic carbocycles. The molecule has 0 fully saturated rings. The molecule has 8 rings (SSSR count). The Morgan fingerprint density at radius 3 is 1.16 bits per heavy atom. The average molecular weight is 835 g/mol. The summed E-state index contributed by atoms with van der Waals surface area (Å²) in [7, 11) is -1.81. The van der Waals surface area contributed by atoms with E-state index in [0.717, 1.165) is 40.4 Å². The van der Waals surface area contributed by atoms with Crippen LogP contribution >= 0.6 is 0 Å². The third kappa shape index (κ3) is 10.6. The van der Waals surface area contributed by atoms with Crippen LogP contribution in [0.1, 0.15) is 16.7 Å². The molecule has 0 saturated carbocycles. The van der Waals surface area contributed by atoms with Crippen LogP contribution in [0.4, 0.5) is 0 Å². The molecule has 0 unspecified atom stereocenters. The molecule has 0 amide bonds. The van der Waals surface area contributed by atoms with Crippen LogP contribution in [0.25, 0.3) is 22.5 Å². The number of hydrogen-bond acceptors (Lipinski definition) is 6. The van der Waals surface area contributed by atoms with Crippen molar-refractivity contribution >= 4 is 9.84 Å². The van der Waals surface area contributed by atoms with Crippen molar-refractivity contribution in [2.45, 2.75) is 23.1 Å². The van der Waals surface area contributed by atoms with Gasteiger partial charge in [-0.15, -0.1) is 0 Å². The number of rotatable bonds is 12. The quantitative estimate of drug-likeness (QED) is 0.122. The molecule has 0 atom stereocenters. The Morgan fingerprint density at radius 2 is 0.793 bits per heavy atom. The number of imidazole rings is 1. The summed E-state index contributed by atoms with van der Waals surface area (Å²) in [6, 6.07) is 53.0. The Labute approximate surface area is 399 Å². The summed E-state index contributed by atoms with van der Waals surface area (Å²) in [6.07, 6.45) is 4.53. The molecule has 1 aromatic heterocycles. The van der Waals surface area contributed by atoms with E-state index >= 15 is 0 Å². The summed E-state index contributed by atoms with van der Waals surface area (Å²) >= 11 is 0. The molecule has 7 nitrogen and oxygen atoms in total. The van der Waals surface area contributed by atoms with Gasteiger partial charge >= 0.3 is 0 Å². The monoisotopic (exact) mass is 834 g/mol. The number of sulfone groups is 1. The Morgan fingerprint density at radius 1 is 0.466 bits per heavy atom. The molecule has 0 N–H and O–H groups in total. The minimum absolute atomic E-state index is 0. The van der Waals surface area contributed by atoms with E-state index in [2.05, 4.69) is 48.3 Å². The fourth-order valence-corrected chi connectivity index (χ4v) is 7.54. The predicted molar refractivity (Wildman–Crippen MR) is 220 cm³/mol. The van der Waals surface area contributed by atoms with Gasteiger partial charge in [0, 0.05) is 100 Å². The first-order valence-electron chi connectivity index (χ1n) is 18.2.